The highest BCUT2D eigenvalue weighted by Crippen LogP contribution is 2.11. The van der Waals surface area contributed by atoms with Crippen molar-refractivity contribution in [1.29, 1.82) is 0 Å². The first kappa shape index (κ1) is 17.9. The SMILES string of the molecule is [CH2]C(O)COCCCCCCCCCCCCC. The van der Waals surface area contributed by atoms with Crippen molar-refractivity contribution < 1.29 is 9.84 Å². The highest BCUT2D eigenvalue weighted by Gasteiger charge is 1.96. The number of rotatable bonds is 14. The van der Waals surface area contributed by atoms with E-state index in [0.717, 1.165) is 13.0 Å². The van der Waals surface area contributed by atoms with Crippen LogP contribution in [-0.4, -0.2) is 24.4 Å². The van der Waals surface area contributed by atoms with Crippen molar-refractivity contribution in [2.75, 3.05) is 13.2 Å². The van der Waals surface area contributed by atoms with Gasteiger partial charge in [-0.05, 0) is 13.3 Å². The van der Waals surface area contributed by atoms with E-state index in [9.17, 15) is 0 Å². The molecule has 0 rings (SSSR count). The van der Waals surface area contributed by atoms with Crippen LogP contribution in [0.1, 0.15) is 77.6 Å². The Kier molecular flexibility index (Phi) is 14.9. The zero-order chi connectivity index (χ0) is 13.5. The fraction of sp³-hybridized carbons (Fsp3) is 0.938. The number of hydrogen-bond donors (Lipinski definition) is 1. The van der Waals surface area contributed by atoms with Gasteiger partial charge in [0.15, 0.2) is 0 Å². The van der Waals surface area contributed by atoms with E-state index in [1.165, 1.54) is 64.2 Å². The molecular weight excluding hydrogens is 224 g/mol. The second kappa shape index (κ2) is 15.0. The highest BCUT2D eigenvalue weighted by molar-refractivity contribution is 4.53. The topological polar surface area (TPSA) is 29.5 Å². The molecule has 0 aromatic rings. The lowest BCUT2D eigenvalue weighted by Gasteiger charge is -2.06. The average Bonchev–Trinajstić information content (AvgIpc) is 2.34. The van der Waals surface area contributed by atoms with Crippen LogP contribution in [-0.2, 0) is 4.74 Å². The van der Waals surface area contributed by atoms with Crippen molar-refractivity contribution in [2.24, 2.45) is 0 Å². The standard InChI is InChI=1S/C16H33O2/c1-3-4-5-6-7-8-9-10-11-12-13-14-18-15-16(2)17/h16-17H,2-15H2,1H3. The molecule has 109 valence electrons. The Balaban J connectivity index is 2.90. The average molecular weight is 257 g/mol. The van der Waals surface area contributed by atoms with Crippen LogP contribution in [0.25, 0.3) is 0 Å². The summed E-state index contributed by atoms with van der Waals surface area (Å²) in [7, 11) is 0. The Labute approximate surface area is 114 Å². The third-order valence-corrected chi connectivity index (χ3v) is 3.20. The van der Waals surface area contributed by atoms with Gasteiger partial charge in [-0.15, -0.1) is 0 Å². The van der Waals surface area contributed by atoms with Gasteiger partial charge in [-0.2, -0.15) is 0 Å². The molecule has 0 saturated carbocycles. The highest BCUT2D eigenvalue weighted by atomic mass is 16.5. The summed E-state index contributed by atoms with van der Waals surface area (Å²) in [5.41, 5.74) is 0. The molecule has 0 fully saturated rings. The molecule has 1 unspecified atom stereocenters. The molecule has 0 bridgehead atoms. The second-order valence-electron chi connectivity index (χ2n) is 5.26. The summed E-state index contributed by atoms with van der Waals surface area (Å²) in [5.74, 6) is 0. The first-order valence-corrected chi connectivity index (χ1v) is 7.86. The summed E-state index contributed by atoms with van der Waals surface area (Å²) in [4.78, 5) is 0. The van der Waals surface area contributed by atoms with Gasteiger partial charge in [-0.3, -0.25) is 0 Å². The predicted molar refractivity (Wildman–Crippen MR) is 78.6 cm³/mol. The molecule has 1 atom stereocenters. The Morgan fingerprint density at radius 3 is 1.72 bits per heavy atom. The molecule has 0 spiro atoms. The maximum absolute atomic E-state index is 8.89. The first-order chi connectivity index (χ1) is 8.77. The van der Waals surface area contributed by atoms with Gasteiger partial charge in [0.05, 0.1) is 12.7 Å². The molecule has 2 heteroatoms. The van der Waals surface area contributed by atoms with Crippen molar-refractivity contribution in [1.82, 2.24) is 0 Å². The van der Waals surface area contributed by atoms with Gasteiger partial charge in [0.1, 0.15) is 0 Å². The molecule has 0 aliphatic heterocycles. The van der Waals surface area contributed by atoms with Crippen LogP contribution in [0.2, 0.25) is 0 Å². The Hall–Kier alpha value is -0.0800. The van der Waals surface area contributed by atoms with E-state index in [0.29, 0.717) is 6.61 Å². The van der Waals surface area contributed by atoms with Gasteiger partial charge >= 0.3 is 0 Å². The molecule has 0 aliphatic carbocycles. The van der Waals surface area contributed by atoms with Crippen LogP contribution in [0.15, 0.2) is 0 Å². The van der Waals surface area contributed by atoms with Gasteiger partial charge in [0.25, 0.3) is 0 Å². The van der Waals surface area contributed by atoms with Crippen LogP contribution in [0.4, 0.5) is 0 Å². The Morgan fingerprint density at radius 1 is 0.833 bits per heavy atom. The number of unbranched alkanes of at least 4 members (excludes halogenated alkanes) is 10. The maximum atomic E-state index is 8.89. The summed E-state index contributed by atoms with van der Waals surface area (Å²) in [6.07, 6.45) is 14.3. The van der Waals surface area contributed by atoms with Crippen molar-refractivity contribution >= 4 is 0 Å². The van der Waals surface area contributed by atoms with Crippen molar-refractivity contribution in [3.8, 4) is 0 Å². The monoisotopic (exact) mass is 257 g/mol. The van der Waals surface area contributed by atoms with Crippen LogP contribution >= 0.6 is 0 Å². The Morgan fingerprint density at radius 2 is 1.28 bits per heavy atom. The summed E-state index contributed by atoms with van der Waals surface area (Å²) in [6.45, 7) is 6.87. The summed E-state index contributed by atoms with van der Waals surface area (Å²) >= 11 is 0. The number of aliphatic hydroxyl groups is 1. The van der Waals surface area contributed by atoms with E-state index in [1.54, 1.807) is 0 Å². The van der Waals surface area contributed by atoms with Crippen molar-refractivity contribution in [2.45, 2.75) is 83.7 Å². The number of aliphatic hydroxyl groups excluding tert-OH is 1. The van der Waals surface area contributed by atoms with Crippen LogP contribution in [0, 0.1) is 6.92 Å². The molecular formula is C16H33O2. The minimum Gasteiger partial charge on any atom is -0.391 e. The first-order valence-electron chi connectivity index (χ1n) is 7.86. The largest absolute Gasteiger partial charge is 0.391 e. The third kappa shape index (κ3) is 15.9. The van der Waals surface area contributed by atoms with Crippen LogP contribution in [0.3, 0.4) is 0 Å². The lowest BCUT2D eigenvalue weighted by Crippen LogP contribution is -2.11. The maximum Gasteiger partial charge on any atom is 0.0774 e. The molecule has 18 heavy (non-hydrogen) atoms. The Bertz CT molecular complexity index is 146. The fourth-order valence-electron chi connectivity index (χ4n) is 2.09. The molecule has 0 amide bonds. The normalized spacial score (nSPS) is 12.8. The second-order valence-corrected chi connectivity index (χ2v) is 5.26. The lowest BCUT2D eigenvalue weighted by atomic mass is 10.1. The van der Waals surface area contributed by atoms with Gasteiger partial charge in [0.2, 0.25) is 0 Å². The van der Waals surface area contributed by atoms with E-state index >= 15 is 0 Å². The zero-order valence-corrected chi connectivity index (χ0v) is 12.3. The number of ether oxygens (including phenoxy) is 1. The van der Waals surface area contributed by atoms with E-state index in [2.05, 4.69) is 13.8 Å². The van der Waals surface area contributed by atoms with Crippen molar-refractivity contribution in [3.63, 3.8) is 0 Å². The minimum absolute atomic E-state index is 0.373. The summed E-state index contributed by atoms with van der Waals surface area (Å²) in [5, 5.41) is 8.89. The van der Waals surface area contributed by atoms with E-state index in [1.807, 2.05) is 0 Å². The van der Waals surface area contributed by atoms with E-state index in [4.69, 9.17) is 9.84 Å². The van der Waals surface area contributed by atoms with Crippen LogP contribution in [0.5, 0.6) is 0 Å². The molecule has 2 nitrogen and oxygen atoms in total. The minimum atomic E-state index is -0.572. The lowest BCUT2D eigenvalue weighted by molar-refractivity contribution is 0.0564. The molecule has 0 aliphatic rings. The molecule has 1 N–H and O–H groups in total. The number of hydrogen-bond acceptors (Lipinski definition) is 2. The van der Waals surface area contributed by atoms with Gasteiger partial charge < -0.3 is 9.84 Å². The van der Waals surface area contributed by atoms with E-state index < -0.39 is 6.10 Å². The van der Waals surface area contributed by atoms with Gasteiger partial charge in [-0.25, -0.2) is 0 Å². The molecule has 0 aromatic heterocycles. The van der Waals surface area contributed by atoms with Crippen molar-refractivity contribution in [3.05, 3.63) is 6.92 Å². The third-order valence-electron chi connectivity index (χ3n) is 3.20. The van der Waals surface area contributed by atoms with Gasteiger partial charge in [-0.1, -0.05) is 71.1 Å². The van der Waals surface area contributed by atoms with Crippen LogP contribution < -0.4 is 0 Å². The smallest absolute Gasteiger partial charge is 0.0774 e. The summed E-state index contributed by atoms with van der Waals surface area (Å²) in [6, 6.07) is 0. The summed E-state index contributed by atoms with van der Waals surface area (Å²) < 4.78 is 5.27. The molecule has 0 heterocycles. The molecule has 0 aromatic carbocycles. The molecule has 1 radical (unpaired) electrons. The zero-order valence-electron chi connectivity index (χ0n) is 12.3. The molecule has 0 saturated heterocycles. The van der Waals surface area contributed by atoms with Gasteiger partial charge in [0, 0.05) is 6.61 Å². The fourth-order valence-corrected chi connectivity index (χ4v) is 2.09. The van der Waals surface area contributed by atoms with E-state index in [-0.39, 0.29) is 0 Å². The quantitative estimate of drug-likeness (QED) is 0.464. The predicted octanol–water partition coefficient (Wildman–Crippen LogP) is 4.51.